The van der Waals surface area contributed by atoms with E-state index < -0.39 is 18.1 Å². The van der Waals surface area contributed by atoms with Gasteiger partial charge in [-0.2, -0.15) is 0 Å². The lowest BCUT2D eigenvalue weighted by atomic mass is 10.1. The highest BCUT2D eigenvalue weighted by molar-refractivity contribution is 5.70. The predicted octanol–water partition coefficient (Wildman–Crippen LogP) is 11.6. The molecule has 8 nitrogen and oxygen atoms in total. The number of aliphatic carboxylic acids is 1. The van der Waals surface area contributed by atoms with Gasteiger partial charge < -0.3 is 28.6 Å². The molecule has 0 heterocycles. The van der Waals surface area contributed by atoms with Crippen molar-refractivity contribution in [2.75, 3.05) is 41.0 Å². The average Bonchev–Trinajstić information content (AvgIpc) is 3.19. The zero-order valence-corrected chi connectivity index (χ0v) is 38.1. The lowest BCUT2D eigenvalue weighted by molar-refractivity contribution is -0.889. The molecule has 2 unspecified atom stereocenters. The molecule has 8 heteroatoms. The van der Waals surface area contributed by atoms with Crippen LogP contribution in [0.15, 0.2) is 85.1 Å². The van der Waals surface area contributed by atoms with Crippen LogP contribution in [0.2, 0.25) is 0 Å². The average molecular weight is 824 g/mol. The molecular weight excluding hydrogens is 739 g/mol. The third-order valence-electron chi connectivity index (χ3n) is 9.86. The number of carbonyl (C=O) groups excluding carboxylic acids is 3. The molecule has 0 bridgehead atoms. The largest absolute Gasteiger partial charge is 0.544 e. The van der Waals surface area contributed by atoms with Gasteiger partial charge in [0.1, 0.15) is 12.6 Å². The van der Waals surface area contributed by atoms with Crippen LogP contribution in [0.3, 0.4) is 0 Å². The maximum absolute atomic E-state index is 12.7. The topological polar surface area (TPSA) is 102 Å². The Morgan fingerprint density at radius 1 is 0.542 bits per heavy atom. The lowest BCUT2D eigenvalue weighted by Gasteiger charge is -2.34. The number of esters is 2. The highest BCUT2D eigenvalue weighted by Gasteiger charge is 2.25. The second-order valence-corrected chi connectivity index (χ2v) is 16.3. The van der Waals surface area contributed by atoms with Crippen molar-refractivity contribution in [1.82, 2.24) is 0 Å². The van der Waals surface area contributed by atoms with Gasteiger partial charge in [0.05, 0.1) is 40.3 Å². The van der Waals surface area contributed by atoms with E-state index in [0.29, 0.717) is 12.8 Å². The molecule has 0 fully saturated rings. The summed E-state index contributed by atoms with van der Waals surface area (Å²) in [5.74, 6) is -1.80. The van der Waals surface area contributed by atoms with E-state index in [-0.39, 0.29) is 42.7 Å². The van der Waals surface area contributed by atoms with Gasteiger partial charge in [0, 0.05) is 19.3 Å². The molecule has 0 amide bonds. The zero-order chi connectivity index (χ0) is 43.5. The van der Waals surface area contributed by atoms with Crippen LogP contribution in [0.5, 0.6) is 0 Å². The Hall–Kier alpha value is -3.49. The first-order chi connectivity index (χ1) is 28.6. The van der Waals surface area contributed by atoms with E-state index in [1.54, 1.807) is 21.1 Å². The van der Waals surface area contributed by atoms with Gasteiger partial charge in [-0.3, -0.25) is 9.59 Å². The Bertz CT molecular complexity index is 1240. The quantitative estimate of drug-likeness (QED) is 0.0199. The van der Waals surface area contributed by atoms with Crippen LogP contribution in [0, 0.1) is 0 Å². The maximum atomic E-state index is 12.7. The van der Waals surface area contributed by atoms with E-state index in [1.165, 1.54) is 64.2 Å². The van der Waals surface area contributed by atoms with Gasteiger partial charge in [-0.25, -0.2) is 0 Å². The summed E-state index contributed by atoms with van der Waals surface area (Å²) < 4.78 is 17.1. The number of likely N-dealkylation sites (N-methyl/N-ethyl adjacent to an activating group) is 1. The van der Waals surface area contributed by atoms with Crippen LogP contribution >= 0.6 is 0 Å². The van der Waals surface area contributed by atoms with Crippen molar-refractivity contribution in [3.63, 3.8) is 0 Å². The molecule has 0 saturated heterocycles. The Morgan fingerprint density at radius 2 is 1.02 bits per heavy atom. The van der Waals surface area contributed by atoms with Crippen LogP contribution in [-0.2, 0) is 28.6 Å². The minimum absolute atomic E-state index is 0.0208. The number of hydrogen-bond acceptors (Lipinski definition) is 7. The first-order valence-corrected chi connectivity index (χ1v) is 23.2. The highest BCUT2D eigenvalue weighted by Crippen LogP contribution is 2.14. The molecule has 0 rings (SSSR count). The second kappa shape index (κ2) is 41.3. The monoisotopic (exact) mass is 824 g/mol. The fourth-order valence-electron chi connectivity index (χ4n) is 6.26. The second-order valence-electron chi connectivity index (χ2n) is 16.3. The molecule has 0 spiro atoms. The van der Waals surface area contributed by atoms with Crippen molar-refractivity contribution in [3.8, 4) is 0 Å². The minimum atomic E-state index is -1.14. The van der Waals surface area contributed by atoms with Gasteiger partial charge in [-0.05, 0) is 70.6 Å². The summed E-state index contributed by atoms with van der Waals surface area (Å²) in [6, 6.07) is -0.737. The van der Waals surface area contributed by atoms with E-state index in [1.807, 2.05) is 36.5 Å². The van der Waals surface area contributed by atoms with E-state index in [4.69, 9.17) is 14.2 Å². The lowest BCUT2D eigenvalue weighted by Crippen LogP contribution is -2.55. The Balaban J connectivity index is 4.34. The van der Waals surface area contributed by atoms with Crippen LogP contribution in [-0.4, -0.2) is 75.5 Å². The fourth-order valence-corrected chi connectivity index (χ4v) is 6.26. The number of unbranched alkanes of at least 4 members (excludes halogenated alkanes) is 15. The molecule has 0 aromatic heterocycles. The predicted molar refractivity (Wildman–Crippen MR) is 245 cm³/mol. The van der Waals surface area contributed by atoms with Gasteiger partial charge in [0.25, 0.3) is 0 Å². The van der Waals surface area contributed by atoms with Crippen molar-refractivity contribution >= 4 is 17.9 Å². The molecule has 0 aliphatic carbocycles. The van der Waals surface area contributed by atoms with Crippen LogP contribution in [0.1, 0.15) is 168 Å². The van der Waals surface area contributed by atoms with Gasteiger partial charge in [-0.1, -0.05) is 163 Å². The third kappa shape index (κ3) is 39.7. The summed E-state index contributed by atoms with van der Waals surface area (Å²) in [7, 11) is 5.38. The van der Waals surface area contributed by atoms with Gasteiger partial charge in [0.2, 0.25) is 0 Å². The standard InChI is InChI=1S/C51H85NO7/c1-6-8-10-12-14-16-18-20-21-22-23-24-25-26-27-28-30-32-34-36-38-40-42-50(54)59-47(45-57-44-43-48(51(55)56)52(3,4)5)46-58-49(53)41-39-37-35-33-31-29-19-17-15-13-11-9-7-2/h9,11,13-17,19-21,23-24,29,31,47-48H,6-8,10,12,18,22,25-28,30,32-46H2,1-5H3/b11-9+,15-13+,16-14+,19-17+,21-20+,24-23+,31-29+. The number of nitrogens with zero attached hydrogens (tertiary/aromatic N) is 1. The number of allylic oxidation sites excluding steroid dienone is 14. The van der Waals surface area contributed by atoms with E-state index in [2.05, 4.69) is 62.5 Å². The summed E-state index contributed by atoms with van der Waals surface area (Å²) in [5.41, 5.74) is 0. The number of carboxylic acids is 1. The zero-order valence-electron chi connectivity index (χ0n) is 38.1. The molecule has 0 radical (unpaired) electrons. The van der Waals surface area contributed by atoms with Crippen LogP contribution in [0.4, 0.5) is 0 Å². The molecule has 0 aromatic rings. The summed E-state index contributed by atoms with van der Waals surface area (Å²) in [6.45, 7) is 4.43. The number of carbonyl (C=O) groups is 3. The maximum Gasteiger partial charge on any atom is 0.306 e. The normalized spacial score (nSPS) is 13.7. The van der Waals surface area contributed by atoms with E-state index >= 15 is 0 Å². The summed E-state index contributed by atoms with van der Waals surface area (Å²) in [4.78, 5) is 36.9. The third-order valence-corrected chi connectivity index (χ3v) is 9.86. The number of hydrogen-bond donors (Lipinski definition) is 0. The minimum Gasteiger partial charge on any atom is -0.544 e. The number of quaternary nitrogens is 1. The van der Waals surface area contributed by atoms with Crippen molar-refractivity contribution in [2.45, 2.75) is 180 Å². The number of rotatable bonds is 40. The smallest absolute Gasteiger partial charge is 0.306 e. The molecule has 59 heavy (non-hydrogen) atoms. The summed E-state index contributed by atoms with van der Waals surface area (Å²) in [5, 5.41) is 11.6. The van der Waals surface area contributed by atoms with Crippen molar-refractivity contribution in [1.29, 1.82) is 0 Å². The summed E-state index contributed by atoms with van der Waals surface area (Å²) >= 11 is 0. The van der Waals surface area contributed by atoms with Gasteiger partial charge in [-0.15, -0.1) is 0 Å². The fraction of sp³-hybridized carbons (Fsp3) is 0.667. The number of ether oxygens (including phenoxy) is 3. The molecular formula is C51H85NO7. The van der Waals surface area contributed by atoms with Gasteiger partial charge >= 0.3 is 11.9 Å². The highest BCUT2D eigenvalue weighted by atomic mass is 16.6. The first-order valence-electron chi connectivity index (χ1n) is 23.2. The summed E-state index contributed by atoms with van der Waals surface area (Å²) in [6.07, 6.45) is 53.3. The van der Waals surface area contributed by atoms with Crippen molar-refractivity contribution < 1.29 is 38.2 Å². The molecule has 0 N–H and O–H groups in total. The van der Waals surface area contributed by atoms with Gasteiger partial charge in [0.15, 0.2) is 6.10 Å². The molecule has 0 saturated carbocycles. The van der Waals surface area contributed by atoms with Crippen molar-refractivity contribution in [2.24, 2.45) is 0 Å². The van der Waals surface area contributed by atoms with Crippen molar-refractivity contribution in [3.05, 3.63) is 85.1 Å². The Labute approximate surface area is 361 Å². The molecule has 336 valence electrons. The van der Waals surface area contributed by atoms with E-state index in [9.17, 15) is 19.5 Å². The van der Waals surface area contributed by atoms with E-state index in [0.717, 1.165) is 70.6 Å². The molecule has 0 aliphatic heterocycles. The number of carboxylic acid groups (broad SMARTS) is 1. The first kappa shape index (κ1) is 55.5. The SMILES string of the molecule is CC/C=C/C=C/C=C/C=C/CCCCCC(=O)OCC(COCCC(C(=O)[O-])[N+](C)(C)C)OC(=O)CCCCCCCCCCC/C=C/C/C=C/C/C=C/CCCCC. The molecule has 0 aromatic carbocycles. The molecule has 0 aliphatic rings. The molecule has 2 atom stereocenters. The Morgan fingerprint density at radius 3 is 1.58 bits per heavy atom. The Kier molecular flexibility index (Phi) is 38.8. The van der Waals surface area contributed by atoms with Crippen LogP contribution < -0.4 is 5.11 Å². The van der Waals surface area contributed by atoms with Crippen LogP contribution in [0.25, 0.3) is 0 Å².